The van der Waals surface area contributed by atoms with E-state index in [0.29, 0.717) is 34.3 Å². The first-order valence-electron chi connectivity index (χ1n) is 9.42. The summed E-state index contributed by atoms with van der Waals surface area (Å²) in [5, 5.41) is 13.8. The number of carbonyl (C=O) groups is 1. The maximum absolute atomic E-state index is 12.7. The Morgan fingerprint density at radius 2 is 2.07 bits per heavy atom. The molecule has 1 saturated carbocycles. The van der Waals surface area contributed by atoms with Crippen LogP contribution in [0.1, 0.15) is 36.2 Å². The molecule has 0 spiro atoms. The molecule has 29 heavy (non-hydrogen) atoms. The first-order chi connectivity index (χ1) is 14.0. The zero-order valence-corrected chi connectivity index (χ0v) is 17.5. The van der Waals surface area contributed by atoms with E-state index in [-0.39, 0.29) is 24.2 Å². The second-order valence-electron chi connectivity index (χ2n) is 6.81. The second kappa shape index (κ2) is 10.2. The average Bonchev–Trinajstić information content (AvgIpc) is 2.70. The molecule has 2 atom stereocenters. The van der Waals surface area contributed by atoms with Gasteiger partial charge < -0.3 is 19.9 Å². The molecule has 9 heteroatoms. The molecule has 3 rings (SSSR count). The molecule has 7 nitrogen and oxygen atoms in total. The molecule has 1 fully saturated rings. The predicted octanol–water partition coefficient (Wildman–Crippen LogP) is 3.51. The molecule has 1 aromatic heterocycles. The number of aliphatic hydroxyl groups excluding tert-OH is 1. The molecule has 1 aromatic carbocycles. The molecule has 1 heterocycles. The lowest BCUT2D eigenvalue weighted by Gasteiger charge is -2.28. The van der Waals surface area contributed by atoms with Gasteiger partial charge in [-0.25, -0.2) is 9.97 Å². The van der Waals surface area contributed by atoms with Gasteiger partial charge in [-0.2, -0.15) is 0 Å². The normalized spacial score (nSPS) is 19.0. The number of nitrogens with zero attached hydrogens (tertiary/aromatic N) is 2. The van der Waals surface area contributed by atoms with Gasteiger partial charge in [-0.3, -0.25) is 4.79 Å². The topological polar surface area (TPSA) is 93.6 Å². The number of hydrogen-bond donors (Lipinski definition) is 2. The number of methoxy groups -OCH3 is 1. The smallest absolute Gasteiger partial charge is 0.271 e. The number of nitrogens with one attached hydrogen (secondary N) is 1. The summed E-state index contributed by atoms with van der Waals surface area (Å²) in [6, 6.07) is 4.67. The Morgan fingerprint density at radius 3 is 2.79 bits per heavy atom. The van der Waals surface area contributed by atoms with Gasteiger partial charge in [0.1, 0.15) is 18.0 Å². The van der Waals surface area contributed by atoms with Crippen LogP contribution in [0.15, 0.2) is 24.4 Å². The summed E-state index contributed by atoms with van der Waals surface area (Å²) in [7, 11) is 1.57. The van der Waals surface area contributed by atoms with Gasteiger partial charge in [-0.1, -0.05) is 36.0 Å². The number of amides is 1. The molecule has 0 radical (unpaired) electrons. The maximum Gasteiger partial charge on any atom is 0.271 e. The highest BCUT2D eigenvalue weighted by molar-refractivity contribution is 6.36. The van der Waals surface area contributed by atoms with E-state index in [1.807, 2.05) is 0 Å². The van der Waals surface area contributed by atoms with E-state index in [9.17, 15) is 9.90 Å². The van der Waals surface area contributed by atoms with Crippen LogP contribution in [0.4, 0.5) is 0 Å². The van der Waals surface area contributed by atoms with Crippen LogP contribution < -0.4 is 10.1 Å². The number of rotatable bonds is 7. The van der Waals surface area contributed by atoms with E-state index in [4.69, 9.17) is 32.7 Å². The third-order valence-corrected chi connectivity index (χ3v) is 5.28. The Bertz CT molecular complexity index is 866. The summed E-state index contributed by atoms with van der Waals surface area (Å²) in [6.07, 6.45) is 4.12. The SMILES string of the molecule is COCCOc1ncc(C(=O)N[C@@H]2CCCC[C@H]2O)nc1-c1ccc(Cl)cc1Cl. The molecule has 0 bridgehead atoms. The summed E-state index contributed by atoms with van der Waals surface area (Å²) in [4.78, 5) is 21.4. The fourth-order valence-electron chi connectivity index (χ4n) is 3.19. The largest absolute Gasteiger partial charge is 0.474 e. The first kappa shape index (κ1) is 21.8. The Balaban J connectivity index is 1.89. The van der Waals surface area contributed by atoms with Crippen molar-refractivity contribution in [3.05, 3.63) is 40.1 Å². The van der Waals surface area contributed by atoms with Gasteiger partial charge in [-0.15, -0.1) is 0 Å². The molecule has 2 N–H and O–H groups in total. The molecule has 0 unspecified atom stereocenters. The minimum absolute atomic E-state index is 0.114. The van der Waals surface area contributed by atoms with Crippen molar-refractivity contribution in [1.82, 2.24) is 15.3 Å². The Hall–Kier alpha value is -1.93. The lowest BCUT2D eigenvalue weighted by molar-refractivity contribution is 0.0713. The van der Waals surface area contributed by atoms with Crippen molar-refractivity contribution in [2.45, 2.75) is 37.8 Å². The monoisotopic (exact) mass is 439 g/mol. The third kappa shape index (κ3) is 5.57. The average molecular weight is 440 g/mol. The van der Waals surface area contributed by atoms with Gasteiger partial charge in [0.25, 0.3) is 5.91 Å². The van der Waals surface area contributed by atoms with E-state index < -0.39 is 12.0 Å². The van der Waals surface area contributed by atoms with E-state index in [1.54, 1.807) is 25.3 Å². The van der Waals surface area contributed by atoms with Crippen molar-refractivity contribution >= 4 is 29.1 Å². The molecular weight excluding hydrogens is 417 g/mol. The van der Waals surface area contributed by atoms with Crippen molar-refractivity contribution in [2.75, 3.05) is 20.3 Å². The maximum atomic E-state index is 12.7. The number of carbonyl (C=O) groups excluding carboxylic acids is 1. The zero-order valence-electron chi connectivity index (χ0n) is 16.0. The van der Waals surface area contributed by atoms with Crippen molar-refractivity contribution in [3.63, 3.8) is 0 Å². The summed E-state index contributed by atoms with van der Waals surface area (Å²) in [6.45, 7) is 0.639. The third-order valence-electron chi connectivity index (χ3n) is 4.73. The van der Waals surface area contributed by atoms with Crippen LogP contribution in [-0.4, -0.2) is 53.5 Å². The van der Waals surface area contributed by atoms with Crippen LogP contribution in [0.5, 0.6) is 5.88 Å². The van der Waals surface area contributed by atoms with Crippen LogP contribution >= 0.6 is 23.2 Å². The molecule has 156 valence electrons. The summed E-state index contributed by atoms with van der Waals surface area (Å²) < 4.78 is 10.7. The number of ether oxygens (including phenoxy) is 2. The molecule has 0 saturated heterocycles. The van der Waals surface area contributed by atoms with Crippen molar-refractivity contribution in [1.29, 1.82) is 0 Å². The van der Waals surface area contributed by atoms with Gasteiger partial charge >= 0.3 is 0 Å². The Morgan fingerprint density at radius 1 is 1.28 bits per heavy atom. The Kier molecular flexibility index (Phi) is 7.66. The number of aromatic nitrogens is 2. The highest BCUT2D eigenvalue weighted by Gasteiger charge is 2.26. The zero-order chi connectivity index (χ0) is 20.8. The number of hydrogen-bond acceptors (Lipinski definition) is 6. The van der Waals surface area contributed by atoms with Crippen molar-refractivity contribution in [3.8, 4) is 17.1 Å². The van der Waals surface area contributed by atoms with Crippen molar-refractivity contribution in [2.24, 2.45) is 0 Å². The van der Waals surface area contributed by atoms with Gasteiger partial charge in [0.15, 0.2) is 0 Å². The first-order valence-corrected chi connectivity index (χ1v) is 10.2. The fraction of sp³-hybridized carbons (Fsp3) is 0.450. The minimum atomic E-state index is -0.553. The van der Waals surface area contributed by atoms with Crippen LogP contribution in [0.25, 0.3) is 11.3 Å². The summed E-state index contributed by atoms with van der Waals surface area (Å²) >= 11 is 12.3. The second-order valence-corrected chi connectivity index (χ2v) is 7.65. The molecule has 1 aliphatic rings. The quantitative estimate of drug-likeness (QED) is 0.641. The highest BCUT2D eigenvalue weighted by atomic mass is 35.5. The lowest BCUT2D eigenvalue weighted by atomic mass is 9.92. The molecule has 0 aliphatic heterocycles. The highest BCUT2D eigenvalue weighted by Crippen LogP contribution is 2.34. The van der Waals surface area contributed by atoms with Crippen LogP contribution in [0, 0.1) is 0 Å². The predicted molar refractivity (Wildman–Crippen MR) is 111 cm³/mol. The number of aliphatic hydroxyl groups is 1. The standard InChI is InChI=1S/C20H23Cl2N3O4/c1-28-8-9-29-20-18(13-7-6-12(21)10-14(13)22)24-16(11-23-20)19(27)25-15-4-2-3-5-17(15)26/h6-7,10-11,15,17,26H,2-5,8-9H2,1H3,(H,25,27)/t15-,17-/m1/s1. The summed E-state index contributed by atoms with van der Waals surface area (Å²) in [5.41, 5.74) is 0.992. The van der Waals surface area contributed by atoms with Gasteiger partial charge in [-0.05, 0) is 31.0 Å². The molecular formula is C20H23Cl2N3O4. The van der Waals surface area contributed by atoms with E-state index in [0.717, 1.165) is 19.3 Å². The fourth-order valence-corrected chi connectivity index (χ4v) is 3.69. The number of halogens is 2. The molecule has 1 aliphatic carbocycles. The van der Waals surface area contributed by atoms with Crippen LogP contribution in [0.3, 0.4) is 0 Å². The van der Waals surface area contributed by atoms with Gasteiger partial charge in [0.2, 0.25) is 5.88 Å². The lowest BCUT2D eigenvalue weighted by Crippen LogP contribution is -2.45. The van der Waals surface area contributed by atoms with E-state index in [2.05, 4.69) is 15.3 Å². The van der Waals surface area contributed by atoms with Crippen LogP contribution in [-0.2, 0) is 4.74 Å². The van der Waals surface area contributed by atoms with Gasteiger partial charge in [0.05, 0.1) is 30.0 Å². The molecule has 2 aromatic rings. The minimum Gasteiger partial charge on any atom is -0.474 e. The molecule has 1 amide bonds. The van der Waals surface area contributed by atoms with E-state index in [1.165, 1.54) is 6.20 Å². The van der Waals surface area contributed by atoms with Gasteiger partial charge in [0, 0.05) is 17.7 Å². The number of benzene rings is 1. The Labute approximate surface area is 179 Å². The van der Waals surface area contributed by atoms with Crippen LogP contribution in [0.2, 0.25) is 10.0 Å². The van der Waals surface area contributed by atoms with Crippen molar-refractivity contribution < 1.29 is 19.4 Å². The van der Waals surface area contributed by atoms with E-state index >= 15 is 0 Å². The summed E-state index contributed by atoms with van der Waals surface area (Å²) in [5.74, 6) is -0.168.